The van der Waals surface area contributed by atoms with E-state index in [1.54, 1.807) is 0 Å². The van der Waals surface area contributed by atoms with Crippen LogP contribution in [0, 0.1) is 5.92 Å². The highest BCUT2D eigenvalue weighted by Crippen LogP contribution is 2.28. The molecule has 0 saturated carbocycles. The summed E-state index contributed by atoms with van der Waals surface area (Å²) in [4.78, 5) is 3.84. The van der Waals surface area contributed by atoms with Crippen LogP contribution in [0.1, 0.15) is 32.6 Å². The van der Waals surface area contributed by atoms with Gasteiger partial charge in [-0.05, 0) is 43.9 Å². The second-order valence-electron chi connectivity index (χ2n) is 4.67. The number of hydrogen-bond acceptors (Lipinski definition) is 2. The van der Waals surface area contributed by atoms with E-state index in [9.17, 15) is 0 Å². The van der Waals surface area contributed by atoms with Gasteiger partial charge in [-0.15, -0.1) is 0 Å². The van der Waals surface area contributed by atoms with Crippen LogP contribution in [0.15, 0.2) is 41.4 Å². The number of hydrogen-bond donors (Lipinski definition) is 0. The van der Waals surface area contributed by atoms with Crippen molar-refractivity contribution in [2.24, 2.45) is 10.9 Å². The first-order chi connectivity index (χ1) is 8.81. The summed E-state index contributed by atoms with van der Waals surface area (Å²) in [5.74, 6) is 0.584. The molecule has 100 valence electrons. The standard InChI is InChI=1S/C16H25NO/c1-4-7-14(8-6-12-17-3)15-9-10-16(5-2)18-13-11-15/h4,6-8,15-16H,1,3,5,9-13H2,2H3/b8-6-,14-7+/t15?,16-/m1/s1. The third kappa shape index (κ3) is 5.01. The average Bonchev–Trinajstić information content (AvgIpc) is 2.63. The van der Waals surface area contributed by atoms with E-state index in [1.165, 1.54) is 12.0 Å². The maximum absolute atomic E-state index is 5.83. The minimum Gasteiger partial charge on any atom is -0.378 e. The summed E-state index contributed by atoms with van der Waals surface area (Å²) >= 11 is 0. The zero-order valence-electron chi connectivity index (χ0n) is 11.5. The summed E-state index contributed by atoms with van der Waals surface area (Å²) in [6.45, 7) is 11.0. The molecule has 0 aliphatic carbocycles. The molecule has 1 heterocycles. The van der Waals surface area contributed by atoms with Crippen molar-refractivity contribution in [3.8, 4) is 0 Å². The summed E-state index contributed by atoms with van der Waals surface area (Å²) in [7, 11) is 0. The summed E-state index contributed by atoms with van der Waals surface area (Å²) < 4.78 is 5.83. The molecule has 0 radical (unpaired) electrons. The third-order valence-electron chi connectivity index (χ3n) is 3.44. The van der Waals surface area contributed by atoms with Crippen molar-refractivity contribution in [2.75, 3.05) is 13.2 Å². The van der Waals surface area contributed by atoms with Gasteiger partial charge in [0.15, 0.2) is 0 Å². The molecule has 1 fully saturated rings. The first-order valence-electron chi connectivity index (χ1n) is 6.85. The van der Waals surface area contributed by atoms with Crippen molar-refractivity contribution in [3.05, 3.63) is 36.5 Å². The van der Waals surface area contributed by atoms with Crippen LogP contribution in [-0.4, -0.2) is 26.0 Å². The van der Waals surface area contributed by atoms with Crippen LogP contribution < -0.4 is 0 Å². The molecule has 1 aliphatic rings. The molecule has 1 unspecified atom stereocenters. The molecule has 1 rings (SSSR count). The number of rotatable bonds is 6. The van der Waals surface area contributed by atoms with Gasteiger partial charge in [-0.2, -0.15) is 0 Å². The van der Waals surface area contributed by atoms with Crippen molar-refractivity contribution in [1.82, 2.24) is 0 Å². The fourth-order valence-electron chi connectivity index (χ4n) is 2.37. The van der Waals surface area contributed by atoms with Crippen molar-refractivity contribution in [1.29, 1.82) is 0 Å². The Labute approximate surface area is 111 Å². The zero-order chi connectivity index (χ0) is 13.2. The largest absolute Gasteiger partial charge is 0.378 e. The predicted molar refractivity (Wildman–Crippen MR) is 79.2 cm³/mol. The Bertz CT molecular complexity index is 317. The molecule has 0 bridgehead atoms. The SMILES string of the molecule is C=C/C=C(\C=C/CN=C)C1CCO[C@H](CC)CC1. The lowest BCUT2D eigenvalue weighted by Crippen LogP contribution is -2.09. The monoisotopic (exact) mass is 247 g/mol. The molecule has 1 aliphatic heterocycles. The second kappa shape index (κ2) is 8.87. The molecule has 1 saturated heterocycles. The molecule has 0 aromatic carbocycles. The Morgan fingerprint density at radius 1 is 1.39 bits per heavy atom. The number of allylic oxidation sites excluding steroid dienone is 4. The molecular formula is C16H25NO. The van der Waals surface area contributed by atoms with E-state index in [4.69, 9.17) is 4.74 Å². The first-order valence-corrected chi connectivity index (χ1v) is 6.85. The fourth-order valence-corrected chi connectivity index (χ4v) is 2.37. The van der Waals surface area contributed by atoms with Gasteiger partial charge in [-0.3, -0.25) is 4.99 Å². The van der Waals surface area contributed by atoms with Gasteiger partial charge in [0.2, 0.25) is 0 Å². The molecule has 2 nitrogen and oxygen atoms in total. The summed E-state index contributed by atoms with van der Waals surface area (Å²) in [6, 6.07) is 0. The van der Waals surface area contributed by atoms with E-state index in [-0.39, 0.29) is 0 Å². The van der Waals surface area contributed by atoms with E-state index in [0.29, 0.717) is 18.6 Å². The van der Waals surface area contributed by atoms with Crippen LogP contribution in [0.4, 0.5) is 0 Å². The first kappa shape index (κ1) is 14.9. The van der Waals surface area contributed by atoms with E-state index in [0.717, 1.165) is 25.9 Å². The molecule has 2 atom stereocenters. The molecule has 0 N–H and O–H groups in total. The van der Waals surface area contributed by atoms with Gasteiger partial charge in [0.05, 0.1) is 12.6 Å². The lowest BCUT2D eigenvalue weighted by Gasteiger charge is -2.14. The van der Waals surface area contributed by atoms with E-state index >= 15 is 0 Å². The van der Waals surface area contributed by atoms with Crippen molar-refractivity contribution >= 4 is 6.72 Å². The van der Waals surface area contributed by atoms with Gasteiger partial charge < -0.3 is 4.74 Å². The van der Waals surface area contributed by atoms with Gasteiger partial charge in [0.25, 0.3) is 0 Å². The summed E-state index contributed by atoms with van der Waals surface area (Å²) in [5.41, 5.74) is 1.34. The smallest absolute Gasteiger partial charge is 0.0572 e. The van der Waals surface area contributed by atoms with Crippen LogP contribution >= 0.6 is 0 Å². The Morgan fingerprint density at radius 3 is 2.89 bits per heavy atom. The highest BCUT2D eigenvalue weighted by atomic mass is 16.5. The minimum atomic E-state index is 0.443. The van der Waals surface area contributed by atoms with E-state index in [2.05, 4.69) is 43.4 Å². The number of aliphatic imine (C=N–C) groups is 1. The zero-order valence-corrected chi connectivity index (χ0v) is 11.5. The van der Waals surface area contributed by atoms with Crippen molar-refractivity contribution in [3.63, 3.8) is 0 Å². The van der Waals surface area contributed by atoms with Gasteiger partial charge in [0.1, 0.15) is 0 Å². The second-order valence-corrected chi connectivity index (χ2v) is 4.67. The predicted octanol–water partition coefficient (Wildman–Crippen LogP) is 3.95. The topological polar surface area (TPSA) is 21.6 Å². The van der Waals surface area contributed by atoms with Crippen LogP contribution in [0.25, 0.3) is 0 Å². The quantitative estimate of drug-likeness (QED) is 0.514. The fraction of sp³-hybridized carbons (Fsp3) is 0.562. The van der Waals surface area contributed by atoms with Crippen molar-refractivity contribution < 1.29 is 4.74 Å². The highest BCUT2D eigenvalue weighted by molar-refractivity contribution is 5.28. The molecule has 2 heteroatoms. The van der Waals surface area contributed by atoms with E-state index < -0.39 is 0 Å². The summed E-state index contributed by atoms with van der Waals surface area (Å²) in [6.07, 6.45) is 13.2. The van der Waals surface area contributed by atoms with Crippen LogP contribution in [0.5, 0.6) is 0 Å². The van der Waals surface area contributed by atoms with Crippen LogP contribution in [0.2, 0.25) is 0 Å². The highest BCUT2D eigenvalue weighted by Gasteiger charge is 2.19. The van der Waals surface area contributed by atoms with E-state index in [1.807, 2.05) is 6.08 Å². The number of ether oxygens (including phenoxy) is 1. The minimum absolute atomic E-state index is 0.443. The lowest BCUT2D eigenvalue weighted by atomic mass is 9.90. The van der Waals surface area contributed by atoms with Gasteiger partial charge in [0, 0.05) is 6.61 Å². The van der Waals surface area contributed by atoms with Crippen LogP contribution in [0.3, 0.4) is 0 Å². The van der Waals surface area contributed by atoms with Gasteiger partial charge in [-0.25, -0.2) is 0 Å². The molecule has 18 heavy (non-hydrogen) atoms. The molecule has 0 aromatic heterocycles. The maximum Gasteiger partial charge on any atom is 0.0572 e. The Morgan fingerprint density at radius 2 is 2.22 bits per heavy atom. The van der Waals surface area contributed by atoms with Gasteiger partial charge >= 0.3 is 0 Å². The lowest BCUT2D eigenvalue weighted by molar-refractivity contribution is 0.0558. The Balaban J connectivity index is 2.65. The summed E-state index contributed by atoms with van der Waals surface area (Å²) in [5, 5.41) is 0. The third-order valence-corrected chi connectivity index (χ3v) is 3.44. The van der Waals surface area contributed by atoms with Crippen LogP contribution in [-0.2, 0) is 4.74 Å². The van der Waals surface area contributed by atoms with Crippen molar-refractivity contribution in [2.45, 2.75) is 38.7 Å². The molecule has 0 spiro atoms. The maximum atomic E-state index is 5.83. The normalized spacial score (nSPS) is 25.9. The molecule has 0 aromatic rings. The molecule has 0 amide bonds. The molecular weight excluding hydrogens is 222 g/mol. The average molecular weight is 247 g/mol. The number of nitrogens with zero attached hydrogens (tertiary/aromatic N) is 1. The Kier molecular flexibility index (Phi) is 7.35. The van der Waals surface area contributed by atoms with Gasteiger partial charge in [-0.1, -0.05) is 37.8 Å². The Hall–Kier alpha value is -1.15.